The van der Waals surface area contributed by atoms with Crippen molar-refractivity contribution >= 4 is 45.2 Å². The number of aryl methyl sites for hydroxylation is 2. The van der Waals surface area contributed by atoms with Crippen LogP contribution >= 0.6 is 11.3 Å². The zero-order chi connectivity index (χ0) is 19.7. The summed E-state index contributed by atoms with van der Waals surface area (Å²) in [7, 11) is 1.29. The molecule has 2 heterocycles. The maximum Gasteiger partial charge on any atom is 0.325 e. The summed E-state index contributed by atoms with van der Waals surface area (Å²) in [5, 5.41) is 0. The topological polar surface area (TPSA) is 98.0 Å². The van der Waals surface area contributed by atoms with Gasteiger partial charge in [-0.3, -0.25) is 24.1 Å². The minimum absolute atomic E-state index is 0.0902. The normalized spacial score (nSPS) is 15.1. The summed E-state index contributed by atoms with van der Waals surface area (Å²) in [6, 6.07) is 3.92. The molecule has 0 bridgehead atoms. The molecule has 1 aliphatic heterocycles. The lowest BCUT2D eigenvalue weighted by atomic mass is 10.1. The van der Waals surface area contributed by atoms with Gasteiger partial charge in [-0.25, -0.2) is 0 Å². The zero-order valence-electron chi connectivity index (χ0n) is 15.3. The molecule has 0 aliphatic carbocycles. The molecule has 1 aromatic carbocycles. The fraction of sp³-hybridized carbons (Fsp3) is 0.389. The van der Waals surface area contributed by atoms with E-state index in [9.17, 15) is 19.2 Å². The lowest BCUT2D eigenvalue weighted by Crippen LogP contribution is -2.34. The number of fused-ring (bicyclic) bond motifs is 1. The number of ether oxygens (including phenoxy) is 1. The highest BCUT2D eigenvalue weighted by molar-refractivity contribution is 7.16. The van der Waals surface area contributed by atoms with Gasteiger partial charge in [0, 0.05) is 12.8 Å². The van der Waals surface area contributed by atoms with Crippen LogP contribution in [0.1, 0.15) is 24.0 Å². The van der Waals surface area contributed by atoms with Crippen LogP contribution in [-0.4, -0.2) is 46.8 Å². The average Bonchev–Trinajstić information content (AvgIpc) is 3.10. The molecular weight excluding hydrogens is 370 g/mol. The van der Waals surface area contributed by atoms with E-state index in [1.54, 1.807) is 4.57 Å². The minimum atomic E-state index is -0.613. The highest BCUT2D eigenvalue weighted by Crippen LogP contribution is 2.23. The van der Waals surface area contributed by atoms with Gasteiger partial charge >= 0.3 is 5.97 Å². The fourth-order valence-corrected chi connectivity index (χ4v) is 4.12. The summed E-state index contributed by atoms with van der Waals surface area (Å²) < 4.78 is 7.28. The average molecular weight is 389 g/mol. The number of amides is 3. The molecule has 0 saturated carbocycles. The zero-order valence-corrected chi connectivity index (χ0v) is 16.1. The van der Waals surface area contributed by atoms with Crippen molar-refractivity contribution in [1.82, 2.24) is 9.47 Å². The van der Waals surface area contributed by atoms with E-state index in [4.69, 9.17) is 4.74 Å². The van der Waals surface area contributed by atoms with Crippen LogP contribution in [0.25, 0.3) is 10.2 Å². The number of esters is 1. The summed E-state index contributed by atoms with van der Waals surface area (Å²) in [4.78, 5) is 52.9. The van der Waals surface area contributed by atoms with Crippen LogP contribution in [0.15, 0.2) is 17.1 Å². The summed E-state index contributed by atoms with van der Waals surface area (Å²) >= 11 is 1.28. The smallest absolute Gasteiger partial charge is 0.325 e. The predicted molar refractivity (Wildman–Crippen MR) is 97.8 cm³/mol. The summed E-state index contributed by atoms with van der Waals surface area (Å²) in [6.45, 7) is 3.41. The number of thiazole rings is 1. The maximum absolute atomic E-state index is 12.4. The Bertz CT molecular complexity index is 1020. The molecule has 3 rings (SSSR count). The number of carbonyl (C=O) groups is 4. The van der Waals surface area contributed by atoms with Crippen molar-refractivity contribution in [2.45, 2.75) is 33.2 Å². The van der Waals surface area contributed by atoms with E-state index in [2.05, 4.69) is 4.99 Å². The molecule has 1 fully saturated rings. The van der Waals surface area contributed by atoms with Crippen molar-refractivity contribution in [3.63, 3.8) is 0 Å². The second-order valence-corrected chi connectivity index (χ2v) is 7.33. The number of carbonyl (C=O) groups excluding carboxylic acids is 4. The van der Waals surface area contributed by atoms with E-state index in [0.29, 0.717) is 4.80 Å². The Labute approximate surface area is 159 Å². The highest BCUT2D eigenvalue weighted by Gasteiger charge is 2.30. The van der Waals surface area contributed by atoms with E-state index in [1.165, 1.54) is 18.4 Å². The lowest BCUT2D eigenvalue weighted by Gasteiger charge is -2.10. The van der Waals surface area contributed by atoms with E-state index in [0.717, 1.165) is 26.2 Å². The summed E-state index contributed by atoms with van der Waals surface area (Å²) in [6.07, 6.45) is 0.242. The Balaban J connectivity index is 2.05. The molecule has 1 aliphatic rings. The first kappa shape index (κ1) is 19.0. The van der Waals surface area contributed by atoms with E-state index in [-0.39, 0.29) is 37.7 Å². The Hall–Kier alpha value is -2.81. The molecule has 8 nitrogen and oxygen atoms in total. The number of nitrogens with zero attached hydrogens (tertiary/aromatic N) is 3. The number of benzene rings is 1. The highest BCUT2D eigenvalue weighted by atomic mass is 32.1. The molecule has 0 atom stereocenters. The molecule has 0 radical (unpaired) electrons. The molecule has 9 heteroatoms. The van der Waals surface area contributed by atoms with Crippen LogP contribution in [0, 0.1) is 13.8 Å². The summed E-state index contributed by atoms with van der Waals surface area (Å²) in [5.74, 6) is -1.81. The predicted octanol–water partition coefficient (Wildman–Crippen LogP) is 1.07. The molecule has 27 heavy (non-hydrogen) atoms. The van der Waals surface area contributed by atoms with Gasteiger partial charge in [0.25, 0.3) is 5.91 Å². The third kappa shape index (κ3) is 3.82. The number of imide groups is 1. The molecule has 142 valence electrons. The second-order valence-electron chi connectivity index (χ2n) is 6.36. The molecule has 1 aromatic heterocycles. The van der Waals surface area contributed by atoms with Crippen molar-refractivity contribution in [3.8, 4) is 0 Å². The Morgan fingerprint density at radius 3 is 2.44 bits per heavy atom. The van der Waals surface area contributed by atoms with E-state index >= 15 is 0 Å². The third-order valence-electron chi connectivity index (χ3n) is 4.30. The quantitative estimate of drug-likeness (QED) is 0.575. The van der Waals surface area contributed by atoms with Crippen molar-refractivity contribution in [3.05, 3.63) is 28.1 Å². The molecule has 0 spiro atoms. The van der Waals surface area contributed by atoms with Crippen LogP contribution in [-0.2, 0) is 30.5 Å². The molecule has 2 aromatic rings. The number of rotatable bonds is 4. The van der Waals surface area contributed by atoms with Gasteiger partial charge in [-0.05, 0) is 31.0 Å². The minimum Gasteiger partial charge on any atom is -0.468 e. The van der Waals surface area contributed by atoms with Crippen LogP contribution < -0.4 is 4.80 Å². The first-order chi connectivity index (χ1) is 12.8. The Morgan fingerprint density at radius 1 is 1.15 bits per heavy atom. The monoisotopic (exact) mass is 389 g/mol. The van der Waals surface area contributed by atoms with Crippen LogP contribution in [0.2, 0.25) is 0 Å². The standard InChI is InChI=1S/C18H19N3O5S/c1-10-6-11(2)17-12(7-10)20(9-16(25)26-3)18(27-17)19-13(22)8-21-14(23)4-5-15(21)24/h6-7H,4-5,8-9H2,1-3H3. The molecule has 3 amide bonds. The van der Waals surface area contributed by atoms with Crippen LogP contribution in [0.3, 0.4) is 0 Å². The lowest BCUT2D eigenvalue weighted by molar-refractivity contribution is -0.142. The Kier molecular flexibility index (Phi) is 5.22. The van der Waals surface area contributed by atoms with Gasteiger partial charge in [0.05, 0.1) is 17.3 Å². The van der Waals surface area contributed by atoms with Gasteiger partial charge < -0.3 is 9.30 Å². The number of methoxy groups -OCH3 is 1. The molecular formula is C18H19N3O5S. The maximum atomic E-state index is 12.4. The number of aromatic nitrogens is 1. The number of hydrogen-bond acceptors (Lipinski definition) is 6. The Morgan fingerprint density at radius 2 is 1.81 bits per heavy atom. The van der Waals surface area contributed by atoms with Gasteiger partial charge in [0.15, 0.2) is 4.80 Å². The number of likely N-dealkylation sites (tertiary alicyclic amines) is 1. The van der Waals surface area contributed by atoms with Crippen molar-refractivity contribution in [2.75, 3.05) is 13.7 Å². The van der Waals surface area contributed by atoms with Gasteiger partial charge in [-0.15, -0.1) is 0 Å². The first-order valence-corrected chi connectivity index (χ1v) is 9.20. The largest absolute Gasteiger partial charge is 0.468 e. The molecule has 0 N–H and O–H groups in total. The molecule has 1 saturated heterocycles. The van der Waals surface area contributed by atoms with Crippen LogP contribution in [0.5, 0.6) is 0 Å². The first-order valence-electron chi connectivity index (χ1n) is 8.38. The van der Waals surface area contributed by atoms with Gasteiger partial charge in [-0.1, -0.05) is 17.4 Å². The van der Waals surface area contributed by atoms with Crippen molar-refractivity contribution in [2.24, 2.45) is 4.99 Å². The van der Waals surface area contributed by atoms with Crippen LogP contribution in [0.4, 0.5) is 0 Å². The third-order valence-corrected chi connectivity index (χ3v) is 5.53. The van der Waals surface area contributed by atoms with Crippen molar-refractivity contribution < 1.29 is 23.9 Å². The van der Waals surface area contributed by atoms with Gasteiger partial charge in [0.2, 0.25) is 11.8 Å². The fourth-order valence-electron chi connectivity index (χ4n) is 3.02. The van der Waals surface area contributed by atoms with Crippen molar-refractivity contribution in [1.29, 1.82) is 0 Å². The summed E-state index contributed by atoms with van der Waals surface area (Å²) in [5.41, 5.74) is 2.80. The molecule has 0 unspecified atom stereocenters. The second kappa shape index (κ2) is 7.43. The van der Waals surface area contributed by atoms with E-state index in [1.807, 2.05) is 26.0 Å². The van der Waals surface area contributed by atoms with Gasteiger partial charge in [0.1, 0.15) is 13.1 Å². The van der Waals surface area contributed by atoms with Gasteiger partial charge in [-0.2, -0.15) is 4.99 Å². The SMILES string of the molecule is COC(=O)Cn1c(=NC(=O)CN2C(=O)CCC2=O)sc2c(C)cc(C)cc21. The van der Waals surface area contributed by atoms with E-state index < -0.39 is 11.9 Å². The number of hydrogen-bond donors (Lipinski definition) is 0.